The van der Waals surface area contributed by atoms with Crippen molar-refractivity contribution in [3.05, 3.63) is 29.8 Å². The van der Waals surface area contributed by atoms with Crippen LogP contribution in [0.1, 0.15) is 31.7 Å². The van der Waals surface area contributed by atoms with Crippen LogP contribution in [-0.2, 0) is 11.3 Å². The van der Waals surface area contributed by atoms with Gasteiger partial charge in [-0.1, -0.05) is 18.2 Å². The Morgan fingerprint density at radius 3 is 2.74 bits per heavy atom. The number of anilines is 1. The molecule has 1 N–H and O–H groups in total. The molecule has 2 heterocycles. The van der Waals surface area contributed by atoms with Gasteiger partial charge in [0, 0.05) is 44.3 Å². The minimum Gasteiger partial charge on any atom is -0.372 e. The molecule has 0 aliphatic carbocycles. The lowest BCUT2D eigenvalue weighted by Gasteiger charge is -2.29. The minimum absolute atomic E-state index is 0. The maximum Gasteiger partial charge on any atom is 0.224 e. The second-order valence-corrected chi connectivity index (χ2v) is 6.38. The molecule has 1 saturated heterocycles. The maximum absolute atomic E-state index is 12.7. The van der Waals surface area contributed by atoms with E-state index in [0.29, 0.717) is 12.5 Å². The molecule has 1 aromatic carbocycles. The molecule has 2 aliphatic rings. The first-order chi connectivity index (χ1) is 10.1. The Hall–Kier alpha value is -0.970. The first-order valence-electron chi connectivity index (χ1n) is 7.97. The smallest absolute Gasteiger partial charge is 0.224 e. The predicted octanol–water partition coefficient (Wildman–Crippen LogP) is 2.84. The van der Waals surface area contributed by atoms with Gasteiger partial charge in [-0.25, -0.2) is 0 Å². The minimum atomic E-state index is 0. The van der Waals surface area contributed by atoms with Gasteiger partial charge in [0.05, 0.1) is 0 Å². The number of carbonyl (C=O) groups excluding carboxylic acids is 1. The van der Waals surface area contributed by atoms with E-state index in [1.165, 1.54) is 17.7 Å². The zero-order chi connectivity index (χ0) is 14.8. The highest BCUT2D eigenvalue weighted by Crippen LogP contribution is 2.26. The first kappa shape index (κ1) is 20.1. The number of para-hydroxylation sites is 1. The van der Waals surface area contributed by atoms with Crippen molar-refractivity contribution in [3.63, 3.8) is 0 Å². The van der Waals surface area contributed by atoms with E-state index in [2.05, 4.69) is 53.4 Å². The molecule has 0 radical (unpaired) electrons. The van der Waals surface area contributed by atoms with Crippen LogP contribution in [0.3, 0.4) is 0 Å². The van der Waals surface area contributed by atoms with Crippen LogP contribution in [0.15, 0.2) is 24.3 Å². The van der Waals surface area contributed by atoms with Crippen molar-refractivity contribution in [2.75, 3.05) is 25.0 Å². The molecule has 2 unspecified atom stereocenters. The van der Waals surface area contributed by atoms with Crippen molar-refractivity contribution < 1.29 is 4.79 Å². The lowest BCUT2D eigenvalue weighted by atomic mass is 10.1. The average Bonchev–Trinajstić information content (AvgIpc) is 2.93. The first-order valence-corrected chi connectivity index (χ1v) is 7.97. The number of amides is 1. The van der Waals surface area contributed by atoms with Gasteiger partial charge in [0.25, 0.3) is 0 Å². The van der Waals surface area contributed by atoms with Gasteiger partial charge in [-0.05, 0) is 37.9 Å². The van der Waals surface area contributed by atoms with E-state index in [9.17, 15) is 4.79 Å². The summed E-state index contributed by atoms with van der Waals surface area (Å²) in [5, 5.41) is 3.43. The Bertz CT molecular complexity index is 520. The number of nitrogens with one attached hydrogen (secondary N) is 1. The Balaban J connectivity index is 0.00000132. The van der Waals surface area contributed by atoms with Crippen LogP contribution >= 0.6 is 24.8 Å². The molecular weight excluding hydrogens is 333 g/mol. The van der Waals surface area contributed by atoms with Crippen LogP contribution in [0.25, 0.3) is 0 Å². The molecule has 0 spiro atoms. The number of hydrogen-bond acceptors (Lipinski definition) is 3. The van der Waals surface area contributed by atoms with Gasteiger partial charge >= 0.3 is 0 Å². The molecule has 6 heteroatoms. The van der Waals surface area contributed by atoms with E-state index in [0.717, 1.165) is 26.1 Å². The third kappa shape index (κ3) is 4.52. The van der Waals surface area contributed by atoms with Crippen molar-refractivity contribution in [3.8, 4) is 0 Å². The fourth-order valence-corrected chi connectivity index (χ4v) is 3.54. The zero-order valence-electron chi connectivity index (χ0n) is 13.8. The summed E-state index contributed by atoms with van der Waals surface area (Å²) in [6.07, 6.45) is 2.96. The maximum atomic E-state index is 12.7. The zero-order valence-corrected chi connectivity index (χ0v) is 15.5. The van der Waals surface area contributed by atoms with E-state index in [-0.39, 0.29) is 36.8 Å². The summed E-state index contributed by atoms with van der Waals surface area (Å²) in [7, 11) is 2.11. The number of hydrogen-bond donors (Lipinski definition) is 1. The quantitative estimate of drug-likeness (QED) is 0.881. The van der Waals surface area contributed by atoms with Crippen molar-refractivity contribution in [2.24, 2.45) is 0 Å². The summed E-state index contributed by atoms with van der Waals surface area (Å²) >= 11 is 0. The fraction of sp³-hybridized carbons (Fsp3) is 0.588. The molecule has 23 heavy (non-hydrogen) atoms. The number of carbonyl (C=O) groups is 1. The Morgan fingerprint density at radius 1 is 1.30 bits per heavy atom. The number of halogens is 2. The highest BCUT2D eigenvalue weighted by Gasteiger charge is 2.28. The van der Waals surface area contributed by atoms with Gasteiger partial charge in [0.2, 0.25) is 5.91 Å². The summed E-state index contributed by atoms with van der Waals surface area (Å²) in [4.78, 5) is 17.0. The van der Waals surface area contributed by atoms with E-state index < -0.39 is 0 Å². The van der Waals surface area contributed by atoms with Gasteiger partial charge in [-0.3, -0.25) is 4.79 Å². The second kappa shape index (κ2) is 8.76. The van der Waals surface area contributed by atoms with Gasteiger partial charge in [0.1, 0.15) is 0 Å². The Kier molecular flexibility index (Phi) is 7.65. The van der Waals surface area contributed by atoms with Gasteiger partial charge in [0.15, 0.2) is 0 Å². The third-order valence-electron chi connectivity index (χ3n) is 4.72. The number of benzene rings is 1. The summed E-state index contributed by atoms with van der Waals surface area (Å²) in [6.45, 7) is 4.83. The number of fused-ring (bicyclic) bond motifs is 1. The molecule has 4 nitrogen and oxygen atoms in total. The van der Waals surface area contributed by atoms with Crippen molar-refractivity contribution in [2.45, 2.75) is 44.8 Å². The molecular formula is C17H27Cl2N3O. The van der Waals surface area contributed by atoms with Crippen LogP contribution in [0.4, 0.5) is 5.69 Å². The molecule has 2 atom stereocenters. The number of rotatable bonds is 2. The van der Waals surface area contributed by atoms with Crippen LogP contribution < -0.4 is 10.2 Å². The van der Waals surface area contributed by atoms with Crippen LogP contribution in [0.2, 0.25) is 0 Å². The van der Waals surface area contributed by atoms with Crippen LogP contribution in [0.5, 0.6) is 0 Å². The van der Waals surface area contributed by atoms with E-state index in [1.807, 2.05) is 0 Å². The van der Waals surface area contributed by atoms with Gasteiger partial charge in [-0.15, -0.1) is 24.8 Å². The monoisotopic (exact) mass is 359 g/mol. The highest BCUT2D eigenvalue weighted by molar-refractivity contribution is 5.85. The molecule has 1 aromatic rings. The largest absolute Gasteiger partial charge is 0.372 e. The standard InChI is InChI=1S/C17H25N3O.2ClH/c1-13-11-19(2)16-8-4-3-6-14(16)12-20(13)17(21)10-15-7-5-9-18-15;;/h3-4,6,8,13,15,18H,5,7,9-12H2,1-2H3;2*1H. The summed E-state index contributed by atoms with van der Waals surface area (Å²) < 4.78 is 0. The molecule has 0 aromatic heterocycles. The molecule has 1 amide bonds. The van der Waals surface area contributed by atoms with Crippen molar-refractivity contribution in [1.29, 1.82) is 0 Å². The Morgan fingerprint density at radius 2 is 2.04 bits per heavy atom. The Labute approximate surface area is 151 Å². The van der Waals surface area contributed by atoms with Crippen molar-refractivity contribution in [1.82, 2.24) is 10.2 Å². The molecule has 2 aliphatic heterocycles. The second-order valence-electron chi connectivity index (χ2n) is 6.38. The fourth-order valence-electron chi connectivity index (χ4n) is 3.54. The number of likely N-dealkylation sites (N-methyl/N-ethyl adjacent to an activating group) is 1. The predicted molar refractivity (Wildman–Crippen MR) is 99.9 cm³/mol. The van der Waals surface area contributed by atoms with Gasteiger partial charge < -0.3 is 15.1 Å². The normalized spacial score (nSPS) is 23.4. The molecule has 130 valence electrons. The van der Waals surface area contributed by atoms with Gasteiger partial charge in [-0.2, -0.15) is 0 Å². The van der Waals surface area contributed by atoms with E-state index in [4.69, 9.17) is 0 Å². The highest BCUT2D eigenvalue weighted by atomic mass is 35.5. The molecule has 3 rings (SSSR count). The summed E-state index contributed by atoms with van der Waals surface area (Å²) in [5.41, 5.74) is 2.50. The number of nitrogens with zero attached hydrogens (tertiary/aromatic N) is 2. The lowest BCUT2D eigenvalue weighted by Crippen LogP contribution is -2.43. The SMILES string of the molecule is CC1CN(C)c2ccccc2CN1C(=O)CC1CCCN1.Cl.Cl. The summed E-state index contributed by atoms with van der Waals surface area (Å²) in [6, 6.07) is 9.04. The summed E-state index contributed by atoms with van der Waals surface area (Å²) in [5.74, 6) is 0.284. The molecule has 1 fully saturated rings. The molecule has 0 saturated carbocycles. The average molecular weight is 360 g/mol. The molecule has 0 bridgehead atoms. The van der Waals surface area contributed by atoms with Crippen molar-refractivity contribution >= 4 is 36.4 Å². The van der Waals surface area contributed by atoms with E-state index in [1.54, 1.807) is 0 Å². The van der Waals surface area contributed by atoms with E-state index >= 15 is 0 Å². The van der Waals surface area contributed by atoms with Crippen LogP contribution in [-0.4, -0.2) is 43.0 Å². The topological polar surface area (TPSA) is 35.6 Å². The lowest BCUT2D eigenvalue weighted by molar-refractivity contribution is -0.134. The third-order valence-corrected chi connectivity index (χ3v) is 4.72. The van der Waals surface area contributed by atoms with Crippen LogP contribution in [0, 0.1) is 0 Å².